The van der Waals surface area contributed by atoms with Gasteiger partial charge in [0, 0.05) is 23.0 Å². The number of nitrogen functional groups attached to an aromatic ring is 1. The van der Waals surface area contributed by atoms with Crippen LogP contribution in [-0.2, 0) is 0 Å². The Morgan fingerprint density at radius 2 is 1.75 bits per heavy atom. The molecule has 0 spiro atoms. The van der Waals surface area contributed by atoms with Crippen molar-refractivity contribution in [2.24, 2.45) is 10.7 Å². The zero-order chi connectivity index (χ0) is 13.4. The molecule has 0 fully saturated rings. The highest BCUT2D eigenvalue weighted by atomic mass is 35.5. The molecule has 1 aliphatic rings. The first-order valence-corrected chi connectivity index (χ1v) is 6.49. The second-order valence-corrected chi connectivity index (χ2v) is 5.17. The van der Waals surface area contributed by atoms with E-state index in [0.29, 0.717) is 12.3 Å². The lowest BCUT2D eigenvalue weighted by Crippen LogP contribution is -2.20. The summed E-state index contributed by atoms with van der Waals surface area (Å²) in [5.74, 6) is 0.837. The molecule has 0 amide bonds. The summed E-state index contributed by atoms with van der Waals surface area (Å²) in [4.78, 5) is 4.39. The fourth-order valence-corrected chi connectivity index (χ4v) is 2.63. The number of benzene rings is 2. The normalized spacial score (nSPS) is 16.9. The van der Waals surface area contributed by atoms with Crippen LogP contribution in [-0.4, -0.2) is 5.84 Å². The number of nitrogens with zero attached hydrogens (tertiary/aromatic N) is 1. The van der Waals surface area contributed by atoms with Gasteiger partial charge in [0.2, 0.25) is 0 Å². The fourth-order valence-electron chi connectivity index (χ4n) is 2.45. The summed E-state index contributed by atoms with van der Waals surface area (Å²) in [6, 6.07) is 13.6. The second kappa shape index (κ2) is 5.73. The van der Waals surface area contributed by atoms with Crippen molar-refractivity contribution in [3.05, 3.63) is 58.6 Å². The number of rotatable bonds is 1. The lowest BCUT2D eigenvalue weighted by molar-refractivity contribution is 0.834. The van der Waals surface area contributed by atoms with Crippen LogP contribution in [0.2, 0.25) is 5.02 Å². The average Bonchev–Trinajstić information content (AvgIpc) is 2.39. The predicted octanol–water partition coefficient (Wildman–Crippen LogP) is 3.87. The maximum absolute atomic E-state index is 6.09. The van der Waals surface area contributed by atoms with E-state index in [2.05, 4.69) is 4.99 Å². The van der Waals surface area contributed by atoms with Gasteiger partial charge in [0.05, 0.1) is 5.69 Å². The molecule has 4 N–H and O–H groups in total. The number of hydrogen-bond donors (Lipinski definition) is 2. The lowest BCUT2D eigenvalue weighted by atomic mass is 9.85. The zero-order valence-corrected chi connectivity index (χ0v) is 12.3. The Kier molecular flexibility index (Phi) is 4.21. The summed E-state index contributed by atoms with van der Waals surface area (Å²) >= 11 is 6.09. The fraction of sp³-hybridized carbons (Fsp3) is 0.133. The maximum atomic E-state index is 6.09. The standard InChI is InChI=1S/C15H14ClN3.ClH/c16-10-3-6-14-13(7-10)12(8-15(18)19-14)9-1-4-11(17)5-2-9;/h1-7,12H,8,17H2,(H2,18,19);1H. The van der Waals surface area contributed by atoms with Gasteiger partial charge in [-0.2, -0.15) is 0 Å². The van der Waals surface area contributed by atoms with E-state index >= 15 is 0 Å². The third-order valence-electron chi connectivity index (χ3n) is 3.38. The minimum Gasteiger partial charge on any atom is -0.399 e. The van der Waals surface area contributed by atoms with Crippen LogP contribution < -0.4 is 11.5 Å². The van der Waals surface area contributed by atoms with Gasteiger partial charge in [-0.1, -0.05) is 23.7 Å². The van der Waals surface area contributed by atoms with E-state index in [0.717, 1.165) is 22.0 Å². The Bertz CT molecular complexity index is 651. The Labute approximate surface area is 129 Å². The number of halogens is 2. The van der Waals surface area contributed by atoms with Gasteiger partial charge in [0.25, 0.3) is 0 Å². The van der Waals surface area contributed by atoms with Crippen LogP contribution in [0.4, 0.5) is 11.4 Å². The maximum Gasteiger partial charge on any atom is 0.101 e. The summed E-state index contributed by atoms with van der Waals surface area (Å²) in [6.07, 6.45) is 0.706. The van der Waals surface area contributed by atoms with Crippen molar-refractivity contribution < 1.29 is 0 Å². The summed E-state index contributed by atoms with van der Waals surface area (Å²) in [7, 11) is 0. The summed E-state index contributed by atoms with van der Waals surface area (Å²) in [5, 5.41) is 0.717. The minimum atomic E-state index is 0. The highest BCUT2D eigenvalue weighted by Gasteiger charge is 2.23. The van der Waals surface area contributed by atoms with E-state index in [9.17, 15) is 0 Å². The number of anilines is 1. The first-order chi connectivity index (χ1) is 9.13. The van der Waals surface area contributed by atoms with E-state index in [-0.39, 0.29) is 18.3 Å². The molecule has 0 aliphatic carbocycles. The van der Waals surface area contributed by atoms with Crippen molar-refractivity contribution in [3.8, 4) is 0 Å². The Balaban J connectivity index is 0.00000147. The highest BCUT2D eigenvalue weighted by Crippen LogP contribution is 2.39. The van der Waals surface area contributed by atoms with E-state index < -0.39 is 0 Å². The molecular formula is C15H15Cl2N3. The third kappa shape index (κ3) is 2.74. The van der Waals surface area contributed by atoms with Crippen molar-refractivity contribution in [2.75, 3.05) is 5.73 Å². The number of fused-ring (bicyclic) bond motifs is 1. The molecule has 5 heteroatoms. The second-order valence-electron chi connectivity index (χ2n) is 4.73. The van der Waals surface area contributed by atoms with E-state index in [1.54, 1.807) is 0 Å². The molecule has 1 unspecified atom stereocenters. The molecule has 0 aromatic heterocycles. The number of hydrogen-bond acceptors (Lipinski definition) is 3. The van der Waals surface area contributed by atoms with Gasteiger partial charge in [0.1, 0.15) is 5.84 Å². The van der Waals surface area contributed by atoms with Crippen LogP contribution in [0.3, 0.4) is 0 Å². The summed E-state index contributed by atoms with van der Waals surface area (Å²) < 4.78 is 0. The molecule has 2 aromatic carbocycles. The van der Waals surface area contributed by atoms with Crippen LogP contribution in [0, 0.1) is 0 Å². The molecule has 3 nitrogen and oxygen atoms in total. The van der Waals surface area contributed by atoms with Crippen LogP contribution in [0.15, 0.2) is 47.5 Å². The van der Waals surface area contributed by atoms with Crippen molar-refractivity contribution in [2.45, 2.75) is 12.3 Å². The van der Waals surface area contributed by atoms with Gasteiger partial charge in [-0.05, 0) is 41.5 Å². The number of nitrogens with two attached hydrogens (primary N) is 2. The van der Waals surface area contributed by atoms with E-state index in [1.807, 2.05) is 42.5 Å². The lowest BCUT2D eigenvalue weighted by Gasteiger charge is -2.24. The zero-order valence-electron chi connectivity index (χ0n) is 10.7. The SMILES string of the molecule is Cl.NC1=Nc2ccc(Cl)cc2C(c2ccc(N)cc2)C1. The van der Waals surface area contributed by atoms with Crippen molar-refractivity contribution >= 4 is 41.2 Å². The van der Waals surface area contributed by atoms with Crippen molar-refractivity contribution in [1.82, 2.24) is 0 Å². The van der Waals surface area contributed by atoms with Crippen molar-refractivity contribution in [1.29, 1.82) is 0 Å². The van der Waals surface area contributed by atoms with Crippen molar-refractivity contribution in [3.63, 3.8) is 0 Å². The first kappa shape index (κ1) is 14.7. The van der Waals surface area contributed by atoms with E-state index in [1.165, 1.54) is 5.56 Å². The van der Waals surface area contributed by atoms with Gasteiger partial charge in [-0.15, -0.1) is 12.4 Å². The van der Waals surface area contributed by atoms with E-state index in [4.69, 9.17) is 23.1 Å². The summed E-state index contributed by atoms with van der Waals surface area (Å²) in [6.45, 7) is 0. The smallest absolute Gasteiger partial charge is 0.101 e. The Morgan fingerprint density at radius 1 is 1.05 bits per heavy atom. The quantitative estimate of drug-likeness (QED) is 0.785. The third-order valence-corrected chi connectivity index (χ3v) is 3.62. The van der Waals surface area contributed by atoms with Crippen LogP contribution in [0.25, 0.3) is 0 Å². The van der Waals surface area contributed by atoms with Gasteiger partial charge < -0.3 is 11.5 Å². The number of aliphatic imine (C=N–C) groups is 1. The molecule has 2 aromatic rings. The molecule has 1 aliphatic heterocycles. The number of amidine groups is 1. The van der Waals surface area contributed by atoms with Gasteiger partial charge in [-0.3, -0.25) is 0 Å². The Morgan fingerprint density at radius 3 is 2.45 bits per heavy atom. The average molecular weight is 308 g/mol. The molecule has 104 valence electrons. The molecule has 0 saturated heterocycles. The predicted molar refractivity (Wildman–Crippen MR) is 87.3 cm³/mol. The monoisotopic (exact) mass is 307 g/mol. The Hall–Kier alpha value is -1.71. The molecule has 3 rings (SSSR count). The van der Waals surface area contributed by atoms with Gasteiger partial charge in [0.15, 0.2) is 0 Å². The van der Waals surface area contributed by atoms with Crippen LogP contribution in [0.5, 0.6) is 0 Å². The highest BCUT2D eigenvalue weighted by molar-refractivity contribution is 6.30. The minimum absolute atomic E-state index is 0. The topological polar surface area (TPSA) is 64.4 Å². The summed E-state index contributed by atoms with van der Waals surface area (Å²) in [5.41, 5.74) is 15.6. The molecule has 0 bridgehead atoms. The molecular weight excluding hydrogens is 293 g/mol. The van der Waals surface area contributed by atoms with Crippen LogP contribution in [0.1, 0.15) is 23.5 Å². The molecule has 1 atom stereocenters. The molecule has 20 heavy (non-hydrogen) atoms. The molecule has 0 saturated carbocycles. The molecule has 0 radical (unpaired) electrons. The first-order valence-electron chi connectivity index (χ1n) is 6.11. The molecule has 1 heterocycles. The van der Waals surface area contributed by atoms with Gasteiger partial charge >= 0.3 is 0 Å². The van der Waals surface area contributed by atoms with Crippen LogP contribution >= 0.6 is 24.0 Å². The largest absolute Gasteiger partial charge is 0.399 e. The van der Waals surface area contributed by atoms with Gasteiger partial charge in [-0.25, -0.2) is 4.99 Å².